The molecule has 0 spiro atoms. The number of anilines is 1. The van der Waals surface area contributed by atoms with Crippen LogP contribution in [0.2, 0.25) is 0 Å². The number of piperidine rings is 1. The van der Waals surface area contributed by atoms with E-state index in [1.54, 1.807) is 6.92 Å². The average Bonchev–Trinajstić information content (AvgIpc) is 2.66. The van der Waals surface area contributed by atoms with E-state index in [0.29, 0.717) is 12.8 Å². The molecule has 1 heterocycles. The standard InChI is InChI=1S/C21H23F3N2O5S/c1-20(28)7-9-26(10-8-20)19(27)25-15-11-14(21(22,23)24)12-17(13-15)31-16-3-5-18(6-4-16)32(2,29)30/h3-6,11-13,28H,7-10H2,1-2H3,(H,25,27). The molecule has 1 aliphatic heterocycles. The third kappa shape index (κ3) is 6.13. The summed E-state index contributed by atoms with van der Waals surface area (Å²) in [5.74, 6) is -0.0453. The molecule has 0 aromatic heterocycles. The number of ether oxygens (including phenoxy) is 1. The van der Waals surface area contributed by atoms with Gasteiger partial charge in [-0.15, -0.1) is 0 Å². The van der Waals surface area contributed by atoms with Crippen LogP contribution in [0.3, 0.4) is 0 Å². The first-order chi connectivity index (χ1) is 14.7. The second-order valence-corrected chi connectivity index (χ2v) is 10.0. The Labute approximate surface area is 183 Å². The minimum Gasteiger partial charge on any atom is -0.457 e. The van der Waals surface area contributed by atoms with Crippen LogP contribution < -0.4 is 10.1 Å². The van der Waals surface area contributed by atoms with E-state index in [1.807, 2.05) is 0 Å². The lowest BCUT2D eigenvalue weighted by Crippen LogP contribution is -2.46. The summed E-state index contributed by atoms with van der Waals surface area (Å²) in [6.07, 6.45) is -2.92. The second kappa shape index (κ2) is 8.62. The van der Waals surface area contributed by atoms with Crippen LogP contribution in [0.5, 0.6) is 11.5 Å². The van der Waals surface area contributed by atoms with E-state index in [-0.39, 0.29) is 35.2 Å². The van der Waals surface area contributed by atoms with Crippen LogP contribution in [0, 0.1) is 0 Å². The van der Waals surface area contributed by atoms with Gasteiger partial charge in [-0.3, -0.25) is 0 Å². The molecule has 32 heavy (non-hydrogen) atoms. The van der Waals surface area contributed by atoms with Crippen molar-refractivity contribution >= 4 is 21.6 Å². The lowest BCUT2D eigenvalue weighted by molar-refractivity contribution is -0.137. The first-order valence-electron chi connectivity index (χ1n) is 9.72. The molecule has 0 radical (unpaired) electrons. The molecule has 2 aromatic carbocycles. The topological polar surface area (TPSA) is 95.9 Å². The van der Waals surface area contributed by atoms with Crippen molar-refractivity contribution in [3.8, 4) is 11.5 Å². The quantitative estimate of drug-likeness (QED) is 0.693. The molecule has 3 rings (SSSR count). The summed E-state index contributed by atoms with van der Waals surface area (Å²) in [5.41, 5.74) is -2.00. The molecule has 7 nitrogen and oxygen atoms in total. The number of aliphatic hydroxyl groups is 1. The number of carbonyl (C=O) groups is 1. The third-order valence-electron chi connectivity index (χ3n) is 5.10. The van der Waals surface area contributed by atoms with Crippen LogP contribution in [0.1, 0.15) is 25.3 Å². The average molecular weight is 472 g/mol. The Balaban J connectivity index is 1.81. The molecule has 11 heteroatoms. The van der Waals surface area contributed by atoms with Crippen LogP contribution in [0.15, 0.2) is 47.4 Å². The number of nitrogens with one attached hydrogen (secondary N) is 1. The predicted molar refractivity (Wildman–Crippen MR) is 112 cm³/mol. The maximum absolute atomic E-state index is 13.4. The van der Waals surface area contributed by atoms with Gasteiger partial charge in [0.15, 0.2) is 9.84 Å². The fourth-order valence-electron chi connectivity index (χ4n) is 3.18. The Morgan fingerprint density at radius 2 is 1.69 bits per heavy atom. The van der Waals surface area contributed by atoms with E-state index in [1.165, 1.54) is 35.2 Å². The first kappa shape index (κ1) is 23.9. The van der Waals surface area contributed by atoms with Gasteiger partial charge in [0.2, 0.25) is 0 Å². The van der Waals surface area contributed by atoms with Crippen molar-refractivity contribution in [2.45, 2.75) is 36.4 Å². The van der Waals surface area contributed by atoms with Gasteiger partial charge >= 0.3 is 12.2 Å². The van der Waals surface area contributed by atoms with Crippen molar-refractivity contribution < 1.29 is 36.2 Å². The minimum atomic E-state index is -4.68. The Bertz CT molecular complexity index is 1090. The Hall–Kier alpha value is -2.79. The molecule has 0 saturated carbocycles. The van der Waals surface area contributed by atoms with Crippen LogP contribution in [-0.2, 0) is 16.0 Å². The highest BCUT2D eigenvalue weighted by atomic mass is 32.2. The molecule has 0 aliphatic carbocycles. The number of likely N-dealkylation sites (tertiary alicyclic amines) is 1. The normalized spacial score (nSPS) is 16.5. The molecular formula is C21H23F3N2O5S. The van der Waals surface area contributed by atoms with Crippen LogP contribution in [0.4, 0.5) is 23.7 Å². The largest absolute Gasteiger partial charge is 0.457 e. The number of hydrogen-bond acceptors (Lipinski definition) is 5. The molecule has 1 saturated heterocycles. The number of nitrogens with zero attached hydrogens (tertiary/aromatic N) is 1. The number of alkyl halides is 3. The molecule has 0 atom stereocenters. The molecule has 174 valence electrons. The van der Waals surface area contributed by atoms with Crippen molar-refractivity contribution in [1.82, 2.24) is 4.90 Å². The maximum Gasteiger partial charge on any atom is 0.416 e. The van der Waals surface area contributed by atoms with Gasteiger partial charge in [-0.25, -0.2) is 13.2 Å². The molecule has 1 fully saturated rings. The van der Waals surface area contributed by atoms with Gasteiger partial charge < -0.3 is 20.1 Å². The molecule has 2 amide bonds. The molecule has 2 aromatic rings. The van der Waals surface area contributed by atoms with Crippen LogP contribution >= 0.6 is 0 Å². The van der Waals surface area contributed by atoms with Gasteiger partial charge in [0.05, 0.1) is 16.1 Å². The van der Waals surface area contributed by atoms with E-state index >= 15 is 0 Å². The van der Waals surface area contributed by atoms with Crippen molar-refractivity contribution in [3.63, 3.8) is 0 Å². The number of hydrogen-bond donors (Lipinski definition) is 2. The monoisotopic (exact) mass is 472 g/mol. The summed E-state index contributed by atoms with van der Waals surface area (Å²) >= 11 is 0. The zero-order valence-corrected chi connectivity index (χ0v) is 18.3. The van der Waals surface area contributed by atoms with Gasteiger partial charge in [0.25, 0.3) is 0 Å². The van der Waals surface area contributed by atoms with E-state index in [4.69, 9.17) is 4.74 Å². The van der Waals surface area contributed by atoms with E-state index in [0.717, 1.165) is 18.4 Å². The van der Waals surface area contributed by atoms with Crippen molar-refractivity contribution in [2.24, 2.45) is 0 Å². The van der Waals surface area contributed by atoms with Crippen LogP contribution in [-0.4, -0.2) is 49.4 Å². The Morgan fingerprint density at radius 1 is 1.09 bits per heavy atom. The van der Waals surface area contributed by atoms with Gasteiger partial charge in [0, 0.05) is 31.1 Å². The van der Waals surface area contributed by atoms with Gasteiger partial charge in [-0.2, -0.15) is 13.2 Å². The summed E-state index contributed by atoms with van der Waals surface area (Å²) in [6.45, 7) is 2.21. The third-order valence-corrected chi connectivity index (χ3v) is 6.23. The molecule has 2 N–H and O–H groups in total. The van der Waals surface area contributed by atoms with E-state index in [9.17, 15) is 31.5 Å². The second-order valence-electron chi connectivity index (χ2n) is 8.00. The van der Waals surface area contributed by atoms with Crippen molar-refractivity contribution in [2.75, 3.05) is 24.7 Å². The number of amides is 2. The fourth-order valence-corrected chi connectivity index (χ4v) is 3.81. The number of halogens is 3. The Morgan fingerprint density at radius 3 is 2.22 bits per heavy atom. The zero-order chi connectivity index (χ0) is 23.7. The minimum absolute atomic E-state index is 0.0438. The molecule has 0 unspecified atom stereocenters. The number of sulfone groups is 1. The first-order valence-corrected chi connectivity index (χ1v) is 11.6. The van der Waals surface area contributed by atoms with Gasteiger partial charge in [0.1, 0.15) is 11.5 Å². The number of rotatable bonds is 4. The smallest absolute Gasteiger partial charge is 0.416 e. The van der Waals surface area contributed by atoms with Gasteiger partial charge in [-0.1, -0.05) is 0 Å². The summed E-state index contributed by atoms with van der Waals surface area (Å²) in [5, 5.41) is 12.4. The summed E-state index contributed by atoms with van der Waals surface area (Å²) in [7, 11) is -3.43. The Kier molecular flexibility index (Phi) is 6.43. The number of benzene rings is 2. The van der Waals surface area contributed by atoms with Crippen molar-refractivity contribution in [3.05, 3.63) is 48.0 Å². The lowest BCUT2D eigenvalue weighted by atomic mass is 9.94. The molecule has 0 bridgehead atoms. The highest BCUT2D eigenvalue weighted by Gasteiger charge is 2.33. The lowest BCUT2D eigenvalue weighted by Gasteiger charge is -2.35. The van der Waals surface area contributed by atoms with Crippen LogP contribution in [0.25, 0.3) is 0 Å². The predicted octanol–water partition coefficient (Wildman–Crippen LogP) is 4.28. The molecule has 1 aliphatic rings. The summed E-state index contributed by atoms with van der Waals surface area (Å²) in [4.78, 5) is 14.0. The highest BCUT2D eigenvalue weighted by Crippen LogP contribution is 2.36. The number of urea groups is 1. The summed E-state index contributed by atoms with van der Waals surface area (Å²) < 4.78 is 68.7. The van der Waals surface area contributed by atoms with E-state index < -0.39 is 33.2 Å². The highest BCUT2D eigenvalue weighted by molar-refractivity contribution is 7.90. The molecular weight excluding hydrogens is 449 g/mol. The SMILES string of the molecule is CC1(O)CCN(C(=O)Nc2cc(Oc3ccc(S(C)(=O)=O)cc3)cc(C(F)(F)F)c2)CC1. The fraction of sp³-hybridized carbons (Fsp3) is 0.381. The zero-order valence-electron chi connectivity index (χ0n) is 17.4. The summed E-state index contributed by atoms with van der Waals surface area (Å²) in [6, 6.07) is 7.48. The van der Waals surface area contributed by atoms with Crippen molar-refractivity contribution in [1.29, 1.82) is 0 Å². The van der Waals surface area contributed by atoms with Gasteiger partial charge in [-0.05, 0) is 56.2 Å². The number of carbonyl (C=O) groups excluding carboxylic acids is 1. The maximum atomic E-state index is 13.4. The van der Waals surface area contributed by atoms with E-state index in [2.05, 4.69) is 5.32 Å².